The lowest BCUT2D eigenvalue weighted by Crippen LogP contribution is -2.48. The van der Waals surface area contributed by atoms with Gasteiger partial charge in [0.05, 0.1) is 17.0 Å². The fraction of sp³-hybridized carbons (Fsp3) is 0.227. The van der Waals surface area contributed by atoms with Crippen molar-refractivity contribution in [2.75, 3.05) is 26.2 Å². The number of hydrogen-bond donors (Lipinski definition) is 1. The van der Waals surface area contributed by atoms with E-state index in [4.69, 9.17) is 16.1 Å². The molecule has 33 heavy (non-hydrogen) atoms. The molecule has 1 saturated heterocycles. The number of nitrogens with zero attached hydrogens (tertiary/aromatic N) is 5. The van der Waals surface area contributed by atoms with E-state index in [0.29, 0.717) is 65.9 Å². The van der Waals surface area contributed by atoms with Gasteiger partial charge in [0.15, 0.2) is 0 Å². The van der Waals surface area contributed by atoms with E-state index in [0.717, 1.165) is 5.56 Å². The molecular weight excluding hydrogens is 448 g/mol. The van der Waals surface area contributed by atoms with Gasteiger partial charge in [-0.2, -0.15) is 4.98 Å². The van der Waals surface area contributed by atoms with Crippen LogP contribution in [-0.4, -0.2) is 61.9 Å². The number of H-pyrrole nitrogens is 1. The maximum absolute atomic E-state index is 13.1. The Labute approximate surface area is 192 Å². The SMILES string of the molecule is O=C(c1c[nH]c2ccc([N+](=O)[O-])cc12)N1CCN(Cc2nc(-c3ccc(Cl)cc3)no2)CC1. The fourth-order valence-corrected chi connectivity index (χ4v) is 4.03. The molecule has 0 spiro atoms. The number of nitro benzene ring substituents is 1. The molecule has 0 atom stereocenters. The third kappa shape index (κ3) is 4.30. The highest BCUT2D eigenvalue weighted by molar-refractivity contribution is 6.30. The van der Waals surface area contributed by atoms with Gasteiger partial charge < -0.3 is 14.4 Å². The molecule has 0 aliphatic carbocycles. The quantitative estimate of drug-likeness (QED) is 0.351. The molecule has 2 aromatic heterocycles. The van der Waals surface area contributed by atoms with Crippen LogP contribution in [0.5, 0.6) is 0 Å². The number of aromatic nitrogens is 3. The van der Waals surface area contributed by atoms with Crippen molar-refractivity contribution >= 4 is 34.1 Å². The van der Waals surface area contributed by atoms with Crippen LogP contribution < -0.4 is 0 Å². The highest BCUT2D eigenvalue weighted by Crippen LogP contribution is 2.25. The molecule has 1 aliphatic rings. The average Bonchev–Trinajstić information content (AvgIpc) is 3.46. The lowest BCUT2D eigenvalue weighted by atomic mass is 10.1. The Morgan fingerprint density at radius 2 is 1.91 bits per heavy atom. The first kappa shape index (κ1) is 21.1. The number of aromatic amines is 1. The van der Waals surface area contributed by atoms with E-state index in [1.165, 1.54) is 12.1 Å². The molecule has 0 bridgehead atoms. The number of nitrogens with one attached hydrogen (secondary N) is 1. The van der Waals surface area contributed by atoms with E-state index in [1.807, 2.05) is 12.1 Å². The molecule has 0 saturated carbocycles. The van der Waals surface area contributed by atoms with Crippen LogP contribution in [0.4, 0.5) is 5.69 Å². The lowest BCUT2D eigenvalue weighted by molar-refractivity contribution is -0.384. The molecule has 1 fully saturated rings. The summed E-state index contributed by atoms with van der Waals surface area (Å²) >= 11 is 5.92. The Balaban J connectivity index is 1.22. The van der Waals surface area contributed by atoms with Gasteiger partial charge in [-0.05, 0) is 30.3 Å². The molecule has 11 heteroatoms. The van der Waals surface area contributed by atoms with Gasteiger partial charge in [-0.1, -0.05) is 16.8 Å². The summed E-state index contributed by atoms with van der Waals surface area (Å²) in [7, 11) is 0. The molecule has 5 rings (SSSR count). The molecule has 4 aromatic rings. The molecule has 10 nitrogen and oxygen atoms in total. The van der Waals surface area contributed by atoms with Crippen molar-refractivity contribution in [3.63, 3.8) is 0 Å². The molecule has 2 aromatic carbocycles. The van der Waals surface area contributed by atoms with Gasteiger partial charge in [-0.15, -0.1) is 0 Å². The molecule has 1 amide bonds. The van der Waals surface area contributed by atoms with E-state index in [9.17, 15) is 14.9 Å². The van der Waals surface area contributed by atoms with Crippen LogP contribution in [0.1, 0.15) is 16.2 Å². The first-order valence-corrected chi connectivity index (χ1v) is 10.7. The molecular formula is C22H19ClN6O4. The summed E-state index contributed by atoms with van der Waals surface area (Å²) in [5.74, 6) is 0.858. The van der Waals surface area contributed by atoms with Crippen molar-refractivity contribution in [2.45, 2.75) is 6.54 Å². The lowest BCUT2D eigenvalue weighted by Gasteiger charge is -2.33. The van der Waals surface area contributed by atoms with Crippen LogP contribution in [0.2, 0.25) is 5.02 Å². The topological polar surface area (TPSA) is 121 Å². The number of hydrogen-bond acceptors (Lipinski definition) is 7. The number of piperazine rings is 1. The van der Waals surface area contributed by atoms with Crippen molar-refractivity contribution in [1.29, 1.82) is 0 Å². The van der Waals surface area contributed by atoms with E-state index in [2.05, 4.69) is 20.0 Å². The Morgan fingerprint density at radius 1 is 1.15 bits per heavy atom. The summed E-state index contributed by atoms with van der Waals surface area (Å²) in [4.78, 5) is 35.1. The van der Waals surface area contributed by atoms with E-state index in [-0.39, 0.29) is 11.6 Å². The molecule has 168 valence electrons. The van der Waals surface area contributed by atoms with E-state index in [1.54, 1.807) is 29.3 Å². The van der Waals surface area contributed by atoms with Gasteiger partial charge in [-0.3, -0.25) is 19.8 Å². The van der Waals surface area contributed by atoms with Crippen LogP contribution in [0.25, 0.3) is 22.3 Å². The van der Waals surface area contributed by atoms with Crippen molar-refractivity contribution in [3.05, 3.63) is 75.3 Å². The zero-order valence-corrected chi connectivity index (χ0v) is 18.2. The average molecular weight is 467 g/mol. The van der Waals surface area contributed by atoms with E-state index < -0.39 is 4.92 Å². The van der Waals surface area contributed by atoms with Crippen molar-refractivity contribution < 1.29 is 14.2 Å². The van der Waals surface area contributed by atoms with Crippen LogP contribution in [0.3, 0.4) is 0 Å². The zero-order chi connectivity index (χ0) is 22.9. The molecule has 3 heterocycles. The Hall–Kier alpha value is -3.76. The predicted octanol–water partition coefficient (Wildman–Crippen LogP) is 3.74. The first-order chi connectivity index (χ1) is 16.0. The summed E-state index contributed by atoms with van der Waals surface area (Å²) in [6.07, 6.45) is 1.61. The summed E-state index contributed by atoms with van der Waals surface area (Å²) in [5, 5.41) is 16.3. The number of halogens is 1. The predicted molar refractivity (Wildman–Crippen MR) is 121 cm³/mol. The summed E-state index contributed by atoms with van der Waals surface area (Å²) in [6, 6.07) is 11.7. The Morgan fingerprint density at radius 3 is 2.64 bits per heavy atom. The second-order valence-corrected chi connectivity index (χ2v) is 8.21. The van der Waals surface area contributed by atoms with Crippen LogP contribution >= 0.6 is 11.6 Å². The molecule has 1 N–H and O–H groups in total. The highest BCUT2D eigenvalue weighted by Gasteiger charge is 2.25. The second kappa shape index (κ2) is 8.64. The van der Waals surface area contributed by atoms with Crippen molar-refractivity contribution in [2.24, 2.45) is 0 Å². The third-order valence-corrected chi connectivity index (χ3v) is 5.95. The maximum atomic E-state index is 13.1. The minimum atomic E-state index is -0.463. The zero-order valence-electron chi connectivity index (χ0n) is 17.4. The maximum Gasteiger partial charge on any atom is 0.270 e. The van der Waals surface area contributed by atoms with Crippen molar-refractivity contribution in [1.82, 2.24) is 24.9 Å². The van der Waals surface area contributed by atoms with Crippen LogP contribution in [0, 0.1) is 10.1 Å². The van der Waals surface area contributed by atoms with Gasteiger partial charge in [0.2, 0.25) is 11.7 Å². The van der Waals surface area contributed by atoms with Crippen molar-refractivity contribution in [3.8, 4) is 11.4 Å². The number of amides is 1. The standard InChI is InChI=1S/C22H19ClN6O4/c23-15-3-1-14(2-4-15)21-25-20(33-26-21)13-27-7-9-28(10-8-27)22(30)18-12-24-19-6-5-16(29(31)32)11-17(18)19/h1-6,11-12,24H,7-10,13H2. The Bertz CT molecular complexity index is 1320. The monoisotopic (exact) mass is 466 g/mol. The fourth-order valence-electron chi connectivity index (χ4n) is 3.91. The molecule has 0 unspecified atom stereocenters. The molecule has 1 aliphatic heterocycles. The largest absolute Gasteiger partial charge is 0.360 e. The highest BCUT2D eigenvalue weighted by atomic mass is 35.5. The number of rotatable bonds is 5. The summed E-state index contributed by atoms with van der Waals surface area (Å²) < 4.78 is 5.39. The summed E-state index contributed by atoms with van der Waals surface area (Å²) in [5.41, 5.74) is 1.91. The van der Waals surface area contributed by atoms with Crippen LogP contribution in [0.15, 0.2) is 53.2 Å². The number of nitro groups is 1. The van der Waals surface area contributed by atoms with Gasteiger partial charge in [0, 0.05) is 66.0 Å². The molecule has 0 radical (unpaired) electrons. The van der Waals surface area contributed by atoms with E-state index >= 15 is 0 Å². The number of non-ortho nitro benzene ring substituents is 1. The van der Waals surface area contributed by atoms with Gasteiger partial charge >= 0.3 is 0 Å². The van der Waals surface area contributed by atoms with Crippen LogP contribution in [-0.2, 0) is 6.54 Å². The first-order valence-electron chi connectivity index (χ1n) is 10.3. The normalized spacial score (nSPS) is 14.6. The van der Waals surface area contributed by atoms with Gasteiger partial charge in [0.1, 0.15) is 0 Å². The third-order valence-electron chi connectivity index (χ3n) is 5.70. The summed E-state index contributed by atoms with van der Waals surface area (Å²) in [6.45, 7) is 2.83. The minimum absolute atomic E-state index is 0.0431. The number of fused-ring (bicyclic) bond motifs is 1. The van der Waals surface area contributed by atoms with Gasteiger partial charge in [0.25, 0.3) is 11.6 Å². The Kier molecular flexibility index (Phi) is 5.53. The number of benzene rings is 2. The second-order valence-electron chi connectivity index (χ2n) is 7.78. The smallest absolute Gasteiger partial charge is 0.270 e. The number of carbonyl (C=O) groups excluding carboxylic acids is 1. The number of carbonyl (C=O) groups is 1. The van der Waals surface area contributed by atoms with Gasteiger partial charge in [-0.25, -0.2) is 0 Å². The minimum Gasteiger partial charge on any atom is -0.360 e.